The number of piperidine rings is 2. The molecule has 4 aromatic rings. The SMILES string of the molecule is NC1CCN(c2ccc(-c3oc4ncnc(N5CCC(N)CC5)c4c3-c3ccc(F)cc3)cn2)CC1. The van der Waals surface area contributed by atoms with Gasteiger partial charge in [0.25, 0.3) is 0 Å². The van der Waals surface area contributed by atoms with Crippen molar-refractivity contribution in [2.24, 2.45) is 11.5 Å². The van der Waals surface area contributed by atoms with Gasteiger partial charge in [-0.3, -0.25) is 0 Å². The van der Waals surface area contributed by atoms with Gasteiger partial charge in [0.1, 0.15) is 29.5 Å². The molecule has 0 spiro atoms. The van der Waals surface area contributed by atoms with Crippen LogP contribution in [0.15, 0.2) is 53.3 Å². The molecule has 0 unspecified atom stereocenters. The largest absolute Gasteiger partial charge is 0.437 e. The Kier molecular flexibility index (Phi) is 6.02. The van der Waals surface area contributed by atoms with Crippen LogP contribution in [0, 0.1) is 5.82 Å². The van der Waals surface area contributed by atoms with E-state index < -0.39 is 0 Å². The molecule has 3 aromatic heterocycles. The first-order valence-corrected chi connectivity index (χ1v) is 12.6. The lowest BCUT2D eigenvalue weighted by Gasteiger charge is -2.31. The van der Waals surface area contributed by atoms with Gasteiger partial charge in [-0.25, -0.2) is 19.3 Å². The summed E-state index contributed by atoms with van der Waals surface area (Å²) < 4.78 is 20.2. The number of aromatic nitrogens is 3. The van der Waals surface area contributed by atoms with Crippen molar-refractivity contribution in [2.75, 3.05) is 36.0 Å². The molecule has 1 aromatic carbocycles. The minimum atomic E-state index is -0.290. The molecule has 8 nitrogen and oxygen atoms in total. The molecule has 0 saturated carbocycles. The second-order valence-electron chi connectivity index (χ2n) is 9.74. The van der Waals surface area contributed by atoms with Crippen LogP contribution in [-0.2, 0) is 0 Å². The maximum Gasteiger partial charge on any atom is 0.232 e. The minimum absolute atomic E-state index is 0.204. The number of pyridine rings is 1. The van der Waals surface area contributed by atoms with Crippen LogP contribution in [0.25, 0.3) is 33.6 Å². The number of benzene rings is 1. The monoisotopic (exact) mass is 487 g/mol. The lowest BCUT2D eigenvalue weighted by Crippen LogP contribution is -2.40. The van der Waals surface area contributed by atoms with Gasteiger partial charge in [-0.05, 0) is 55.5 Å². The lowest BCUT2D eigenvalue weighted by molar-refractivity contribution is 0.498. The fraction of sp³-hybridized carbons (Fsp3) is 0.370. The third-order valence-electron chi connectivity index (χ3n) is 7.31. The fourth-order valence-corrected chi connectivity index (χ4v) is 5.20. The van der Waals surface area contributed by atoms with Crippen molar-refractivity contribution in [3.05, 3.63) is 54.7 Å². The van der Waals surface area contributed by atoms with Crippen molar-refractivity contribution < 1.29 is 8.81 Å². The Labute approximate surface area is 209 Å². The molecular weight excluding hydrogens is 457 g/mol. The van der Waals surface area contributed by atoms with Gasteiger partial charge in [0.15, 0.2) is 0 Å². The van der Waals surface area contributed by atoms with Gasteiger partial charge in [0.05, 0.1) is 5.39 Å². The molecule has 4 N–H and O–H groups in total. The molecule has 0 atom stereocenters. The molecule has 2 aliphatic heterocycles. The average molecular weight is 488 g/mol. The van der Waals surface area contributed by atoms with E-state index in [0.717, 1.165) is 85.6 Å². The molecule has 0 amide bonds. The normalized spacial score (nSPS) is 17.8. The maximum atomic E-state index is 13.8. The highest BCUT2D eigenvalue weighted by Gasteiger charge is 2.27. The van der Waals surface area contributed by atoms with Crippen LogP contribution in [0.1, 0.15) is 25.7 Å². The smallest absolute Gasteiger partial charge is 0.232 e. The van der Waals surface area contributed by atoms with Crippen LogP contribution in [0.4, 0.5) is 16.0 Å². The molecule has 6 rings (SSSR count). The summed E-state index contributed by atoms with van der Waals surface area (Å²) in [7, 11) is 0. The second kappa shape index (κ2) is 9.48. The van der Waals surface area contributed by atoms with E-state index in [1.807, 2.05) is 18.3 Å². The Hall–Kier alpha value is -3.56. The number of furan rings is 1. The Morgan fingerprint density at radius 3 is 2.06 bits per heavy atom. The Balaban J connectivity index is 1.45. The van der Waals surface area contributed by atoms with Crippen LogP contribution in [0.5, 0.6) is 0 Å². The lowest BCUT2D eigenvalue weighted by atomic mass is 9.99. The molecule has 9 heteroatoms. The number of fused-ring (bicyclic) bond motifs is 1. The zero-order valence-electron chi connectivity index (χ0n) is 20.1. The summed E-state index contributed by atoms with van der Waals surface area (Å²) >= 11 is 0. The van der Waals surface area contributed by atoms with E-state index in [9.17, 15) is 4.39 Å². The first kappa shape index (κ1) is 22.9. The maximum absolute atomic E-state index is 13.8. The van der Waals surface area contributed by atoms with Crippen LogP contribution < -0.4 is 21.3 Å². The number of hydrogen-bond acceptors (Lipinski definition) is 8. The van der Waals surface area contributed by atoms with Gasteiger partial charge in [0, 0.05) is 55.6 Å². The number of nitrogens with two attached hydrogens (primary N) is 2. The van der Waals surface area contributed by atoms with E-state index in [1.54, 1.807) is 12.1 Å². The molecule has 0 radical (unpaired) electrons. The summed E-state index contributed by atoms with van der Waals surface area (Å²) in [6.45, 7) is 3.42. The van der Waals surface area contributed by atoms with E-state index in [-0.39, 0.29) is 17.9 Å². The summed E-state index contributed by atoms with van der Waals surface area (Å²) in [5.74, 6) is 2.10. The predicted octanol–water partition coefficient (Wildman–Crippen LogP) is 3.95. The fourth-order valence-electron chi connectivity index (χ4n) is 5.20. The van der Waals surface area contributed by atoms with Gasteiger partial charge in [-0.15, -0.1) is 0 Å². The van der Waals surface area contributed by atoms with E-state index in [4.69, 9.17) is 20.9 Å². The van der Waals surface area contributed by atoms with Gasteiger partial charge >= 0.3 is 0 Å². The Bertz CT molecular complexity index is 1340. The third kappa shape index (κ3) is 4.29. The molecule has 0 aliphatic carbocycles. The molecule has 0 bridgehead atoms. The quantitative estimate of drug-likeness (QED) is 0.445. The highest BCUT2D eigenvalue weighted by Crippen LogP contribution is 2.43. The van der Waals surface area contributed by atoms with Gasteiger partial charge in [0.2, 0.25) is 5.71 Å². The van der Waals surface area contributed by atoms with Crippen molar-refractivity contribution in [1.29, 1.82) is 0 Å². The van der Waals surface area contributed by atoms with Crippen molar-refractivity contribution in [1.82, 2.24) is 15.0 Å². The molecule has 2 fully saturated rings. The molecule has 5 heterocycles. The topological polar surface area (TPSA) is 110 Å². The molecule has 36 heavy (non-hydrogen) atoms. The third-order valence-corrected chi connectivity index (χ3v) is 7.31. The summed E-state index contributed by atoms with van der Waals surface area (Å²) in [6, 6.07) is 11.0. The molecule has 2 saturated heterocycles. The van der Waals surface area contributed by atoms with Crippen molar-refractivity contribution in [3.8, 4) is 22.5 Å². The van der Waals surface area contributed by atoms with Crippen LogP contribution in [0.2, 0.25) is 0 Å². The summed E-state index contributed by atoms with van der Waals surface area (Å²) in [4.78, 5) is 18.4. The van der Waals surface area contributed by atoms with Crippen molar-refractivity contribution >= 4 is 22.7 Å². The van der Waals surface area contributed by atoms with Crippen molar-refractivity contribution in [2.45, 2.75) is 37.8 Å². The number of anilines is 2. The van der Waals surface area contributed by atoms with E-state index in [1.165, 1.54) is 18.5 Å². The first-order valence-electron chi connectivity index (χ1n) is 12.6. The van der Waals surface area contributed by atoms with Gasteiger partial charge in [-0.1, -0.05) is 12.1 Å². The predicted molar refractivity (Wildman–Crippen MR) is 139 cm³/mol. The van der Waals surface area contributed by atoms with Crippen LogP contribution in [-0.4, -0.2) is 53.2 Å². The Morgan fingerprint density at radius 2 is 1.42 bits per heavy atom. The number of nitrogens with zero attached hydrogens (tertiary/aromatic N) is 5. The molecule has 186 valence electrons. The van der Waals surface area contributed by atoms with Crippen LogP contribution in [0.3, 0.4) is 0 Å². The van der Waals surface area contributed by atoms with Gasteiger partial charge in [-0.2, -0.15) is 0 Å². The van der Waals surface area contributed by atoms with E-state index in [2.05, 4.69) is 19.8 Å². The number of rotatable bonds is 4. The first-order chi connectivity index (χ1) is 17.6. The number of halogens is 1. The van der Waals surface area contributed by atoms with E-state index >= 15 is 0 Å². The zero-order valence-corrected chi connectivity index (χ0v) is 20.1. The van der Waals surface area contributed by atoms with E-state index in [0.29, 0.717) is 11.5 Å². The van der Waals surface area contributed by atoms with Gasteiger partial charge < -0.3 is 25.7 Å². The average Bonchev–Trinajstić information content (AvgIpc) is 3.30. The summed E-state index contributed by atoms with van der Waals surface area (Å²) in [6.07, 6.45) is 7.09. The summed E-state index contributed by atoms with van der Waals surface area (Å²) in [5, 5.41) is 0.823. The van der Waals surface area contributed by atoms with Crippen LogP contribution >= 0.6 is 0 Å². The van der Waals surface area contributed by atoms with Crippen molar-refractivity contribution in [3.63, 3.8) is 0 Å². The standard InChI is InChI=1S/C27H30FN7O/c28-19-4-1-17(2-5-19)23-24-26(35-13-9-21(30)10-14-35)32-16-33-27(24)36-25(23)18-3-6-22(31-15-18)34-11-7-20(29)8-12-34/h1-6,15-16,20-21H,7-14,29-30H2. The Morgan fingerprint density at radius 1 is 0.778 bits per heavy atom. The molecular formula is C27H30FN7O. The highest BCUT2D eigenvalue weighted by atomic mass is 19.1. The highest BCUT2D eigenvalue weighted by molar-refractivity contribution is 6.06. The minimum Gasteiger partial charge on any atom is -0.437 e. The second-order valence-corrected chi connectivity index (χ2v) is 9.74. The molecule has 2 aliphatic rings. The summed E-state index contributed by atoms with van der Waals surface area (Å²) in [5.41, 5.74) is 15.2. The number of hydrogen-bond donors (Lipinski definition) is 2. The zero-order chi connectivity index (χ0) is 24.6.